The smallest absolute Gasteiger partial charge is 0.308 e. The average molecular weight is 527 g/mol. The summed E-state index contributed by atoms with van der Waals surface area (Å²) in [5.41, 5.74) is 2.96. The molecule has 0 aromatic heterocycles. The molecule has 2 amide bonds. The number of benzene rings is 3. The number of carbonyl (C=O) groups excluding carboxylic acids is 3. The first-order valence-corrected chi connectivity index (χ1v) is 13.9. The average Bonchev–Trinajstić information content (AvgIpc) is 3.16. The van der Waals surface area contributed by atoms with Crippen molar-refractivity contribution < 1.29 is 19.1 Å². The Labute approximate surface area is 231 Å². The molecule has 0 bridgehead atoms. The van der Waals surface area contributed by atoms with E-state index < -0.39 is 6.04 Å². The molecule has 3 unspecified atom stereocenters. The van der Waals surface area contributed by atoms with E-state index in [1.165, 1.54) is 7.11 Å². The van der Waals surface area contributed by atoms with Gasteiger partial charge in [-0.15, -0.1) is 0 Å². The van der Waals surface area contributed by atoms with Crippen molar-refractivity contribution in [3.05, 3.63) is 102 Å². The molecule has 6 nitrogen and oxygen atoms in total. The molecule has 1 heterocycles. The predicted molar refractivity (Wildman–Crippen MR) is 153 cm³/mol. The van der Waals surface area contributed by atoms with Gasteiger partial charge in [0.25, 0.3) is 0 Å². The highest BCUT2D eigenvalue weighted by Crippen LogP contribution is 2.24. The molecule has 39 heavy (non-hydrogen) atoms. The number of rotatable bonds is 11. The van der Waals surface area contributed by atoms with Crippen LogP contribution in [-0.4, -0.2) is 37.5 Å². The summed E-state index contributed by atoms with van der Waals surface area (Å²) < 4.78 is 5.11. The number of amides is 2. The predicted octanol–water partition coefficient (Wildman–Crippen LogP) is 5.36. The van der Waals surface area contributed by atoms with Crippen molar-refractivity contribution in [2.45, 2.75) is 51.0 Å². The van der Waals surface area contributed by atoms with Crippen LogP contribution in [0.4, 0.5) is 5.69 Å². The van der Waals surface area contributed by atoms with E-state index in [4.69, 9.17) is 4.74 Å². The lowest BCUT2D eigenvalue weighted by molar-refractivity contribution is -0.146. The van der Waals surface area contributed by atoms with Gasteiger partial charge < -0.3 is 15.0 Å². The zero-order valence-corrected chi connectivity index (χ0v) is 22.6. The van der Waals surface area contributed by atoms with Crippen LogP contribution in [0.25, 0.3) is 0 Å². The Bertz CT molecular complexity index is 1200. The fourth-order valence-corrected chi connectivity index (χ4v) is 5.32. The SMILES string of the molecule is COC(=O)C(CCC(Cc1ccccc1)C(=O)NC1CCCCN(c2ccccc2)C1=O)Cc1ccccc1. The number of nitrogens with zero attached hydrogens (tertiary/aromatic N) is 1. The van der Waals surface area contributed by atoms with Crippen LogP contribution in [0.15, 0.2) is 91.0 Å². The topological polar surface area (TPSA) is 75.7 Å². The summed E-state index contributed by atoms with van der Waals surface area (Å²) in [5, 5.41) is 3.10. The monoisotopic (exact) mass is 526 g/mol. The molecule has 3 atom stereocenters. The molecule has 0 radical (unpaired) electrons. The number of hydrogen-bond acceptors (Lipinski definition) is 4. The van der Waals surface area contributed by atoms with Gasteiger partial charge in [-0.05, 0) is 68.2 Å². The van der Waals surface area contributed by atoms with E-state index in [1.54, 1.807) is 4.90 Å². The number of hydrogen-bond donors (Lipinski definition) is 1. The van der Waals surface area contributed by atoms with Crippen molar-refractivity contribution in [2.24, 2.45) is 11.8 Å². The first-order valence-electron chi connectivity index (χ1n) is 13.9. The van der Waals surface area contributed by atoms with Crippen LogP contribution >= 0.6 is 0 Å². The quantitative estimate of drug-likeness (QED) is 0.342. The van der Waals surface area contributed by atoms with Crippen LogP contribution in [0.2, 0.25) is 0 Å². The van der Waals surface area contributed by atoms with Crippen LogP contribution in [0, 0.1) is 11.8 Å². The van der Waals surface area contributed by atoms with Gasteiger partial charge in [0, 0.05) is 18.2 Å². The molecule has 0 spiro atoms. The maximum atomic E-state index is 13.7. The molecular formula is C33H38N2O4. The number of methoxy groups -OCH3 is 1. The fourth-order valence-electron chi connectivity index (χ4n) is 5.32. The Morgan fingerprint density at radius 2 is 1.36 bits per heavy atom. The minimum Gasteiger partial charge on any atom is -0.469 e. The van der Waals surface area contributed by atoms with Gasteiger partial charge >= 0.3 is 5.97 Å². The van der Waals surface area contributed by atoms with E-state index in [2.05, 4.69) is 5.32 Å². The van der Waals surface area contributed by atoms with E-state index >= 15 is 0 Å². The first kappa shape index (κ1) is 28.1. The Morgan fingerprint density at radius 3 is 1.95 bits per heavy atom. The molecule has 1 aliphatic heterocycles. The molecule has 0 saturated carbocycles. The second kappa shape index (κ2) is 14.3. The maximum Gasteiger partial charge on any atom is 0.308 e. The summed E-state index contributed by atoms with van der Waals surface area (Å²) >= 11 is 0. The number of carbonyl (C=O) groups is 3. The van der Waals surface area contributed by atoms with Gasteiger partial charge in [0.2, 0.25) is 11.8 Å². The van der Waals surface area contributed by atoms with Gasteiger partial charge in [0.1, 0.15) is 6.04 Å². The summed E-state index contributed by atoms with van der Waals surface area (Å²) in [5.74, 6) is -1.21. The molecule has 3 aromatic rings. The number of ether oxygens (including phenoxy) is 1. The second-order valence-corrected chi connectivity index (χ2v) is 10.3. The number of esters is 1. The normalized spacial score (nSPS) is 17.1. The van der Waals surface area contributed by atoms with Crippen molar-refractivity contribution in [2.75, 3.05) is 18.6 Å². The third-order valence-corrected chi connectivity index (χ3v) is 7.49. The highest BCUT2D eigenvalue weighted by molar-refractivity contribution is 5.99. The van der Waals surface area contributed by atoms with Crippen molar-refractivity contribution in [1.29, 1.82) is 0 Å². The van der Waals surface area contributed by atoms with E-state index in [0.717, 1.165) is 29.7 Å². The van der Waals surface area contributed by atoms with Crippen LogP contribution in [0.1, 0.15) is 43.2 Å². The fraction of sp³-hybridized carbons (Fsp3) is 0.364. The highest BCUT2D eigenvalue weighted by atomic mass is 16.5. The lowest BCUT2D eigenvalue weighted by Gasteiger charge is -2.27. The van der Waals surface area contributed by atoms with E-state index in [9.17, 15) is 14.4 Å². The molecule has 1 aliphatic rings. The van der Waals surface area contributed by atoms with Crippen molar-refractivity contribution in [3.8, 4) is 0 Å². The molecule has 204 valence electrons. The zero-order valence-electron chi connectivity index (χ0n) is 22.6. The third kappa shape index (κ3) is 8.03. The minimum absolute atomic E-state index is 0.0676. The molecule has 3 aromatic carbocycles. The second-order valence-electron chi connectivity index (χ2n) is 10.3. The summed E-state index contributed by atoms with van der Waals surface area (Å²) in [6, 6.07) is 28.8. The summed E-state index contributed by atoms with van der Waals surface area (Å²) in [6.45, 7) is 0.642. The number of nitrogens with one attached hydrogen (secondary N) is 1. The van der Waals surface area contributed by atoms with Gasteiger partial charge in [-0.3, -0.25) is 14.4 Å². The van der Waals surface area contributed by atoms with E-state index in [1.807, 2.05) is 91.0 Å². The van der Waals surface area contributed by atoms with Crippen LogP contribution < -0.4 is 10.2 Å². The van der Waals surface area contributed by atoms with Gasteiger partial charge in [-0.25, -0.2) is 0 Å². The Hall–Kier alpha value is -3.93. The Balaban J connectivity index is 1.49. The lowest BCUT2D eigenvalue weighted by atomic mass is 9.87. The van der Waals surface area contributed by atoms with Crippen LogP contribution in [0.5, 0.6) is 0 Å². The molecular weight excluding hydrogens is 488 g/mol. The van der Waals surface area contributed by atoms with Gasteiger partial charge in [-0.1, -0.05) is 78.9 Å². The third-order valence-electron chi connectivity index (χ3n) is 7.49. The van der Waals surface area contributed by atoms with Crippen molar-refractivity contribution in [3.63, 3.8) is 0 Å². The van der Waals surface area contributed by atoms with E-state index in [0.29, 0.717) is 38.6 Å². The molecule has 0 aliphatic carbocycles. The highest BCUT2D eigenvalue weighted by Gasteiger charge is 2.32. The van der Waals surface area contributed by atoms with Gasteiger partial charge in [0.05, 0.1) is 13.0 Å². The molecule has 1 N–H and O–H groups in total. The Morgan fingerprint density at radius 1 is 0.821 bits per heavy atom. The molecule has 4 rings (SSSR count). The Kier molecular flexibility index (Phi) is 10.3. The van der Waals surface area contributed by atoms with Gasteiger partial charge in [-0.2, -0.15) is 0 Å². The zero-order chi connectivity index (χ0) is 27.5. The molecule has 1 saturated heterocycles. The van der Waals surface area contributed by atoms with E-state index in [-0.39, 0.29) is 29.6 Å². The molecule has 6 heteroatoms. The van der Waals surface area contributed by atoms with Crippen LogP contribution in [0.3, 0.4) is 0 Å². The standard InChI is InChI=1S/C33H38N2O4/c1-39-33(38)28(24-26-15-7-3-8-16-26)21-20-27(23-25-13-5-2-6-14-25)31(36)34-30-19-11-12-22-35(32(30)37)29-17-9-4-10-18-29/h2-10,13-18,27-28,30H,11-12,19-24H2,1H3,(H,34,36). The van der Waals surface area contributed by atoms with Crippen molar-refractivity contribution in [1.82, 2.24) is 5.32 Å². The lowest BCUT2D eigenvalue weighted by Crippen LogP contribution is -2.49. The number of anilines is 1. The van der Waals surface area contributed by atoms with Crippen molar-refractivity contribution >= 4 is 23.5 Å². The summed E-state index contributed by atoms with van der Waals surface area (Å²) in [6.07, 6.45) is 4.49. The van der Waals surface area contributed by atoms with Crippen LogP contribution in [-0.2, 0) is 32.0 Å². The van der Waals surface area contributed by atoms with Gasteiger partial charge in [0.15, 0.2) is 0 Å². The first-order chi connectivity index (χ1) is 19.0. The minimum atomic E-state index is -0.570. The summed E-state index contributed by atoms with van der Waals surface area (Å²) in [7, 11) is 1.41. The number of para-hydroxylation sites is 1. The summed E-state index contributed by atoms with van der Waals surface area (Å²) in [4.78, 5) is 41.7. The molecule has 1 fully saturated rings. The largest absolute Gasteiger partial charge is 0.469 e. The maximum absolute atomic E-state index is 13.7.